The van der Waals surface area contributed by atoms with Crippen LogP contribution >= 0.6 is 23.8 Å². The first-order chi connectivity index (χ1) is 11.9. The van der Waals surface area contributed by atoms with Crippen LogP contribution in [0.15, 0.2) is 36.4 Å². The van der Waals surface area contributed by atoms with Crippen LogP contribution < -0.4 is 20.5 Å². The molecule has 2 aromatic rings. The quantitative estimate of drug-likeness (QED) is 0.749. The molecule has 0 fully saturated rings. The van der Waals surface area contributed by atoms with Crippen molar-refractivity contribution in [2.45, 2.75) is 13.5 Å². The number of halogens is 2. The lowest BCUT2D eigenvalue weighted by Crippen LogP contribution is -2.34. The van der Waals surface area contributed by atoms with Crippen LogP contribution in [0.4, 0.5) is 4.39 Å². The first kappa shape index (κ1) is 19.0. The van der Waals surface area contributed by atoms with Crippen molar-refractivity contribution in [1.29, 1.82) is 0 Å². The Morgan fingerprint density at radius 3 is 2.64 bits per heavy atom. The Kier molecular flexibility index (Phi) is 6.55. The van der Waals surface area contributed by atoms with Crippen LogP contribution in [0.2, 0.25) is 5.02 Å². The Morgan fingerprint density at radius 1 is 1.24 bits per heavy atom. The molecule has 3 N–H and O–H groups in total. The van der Waals surface area contributed by atoms with E-state index in [0.29, 0.717) is 29.2 Å². The maximum Gasteiger partial charge on any atom is 0.257 e. The number of carbonyl (C=O) groups excluding carboxylic acids is 1. The number of hydrogen-bond acceptors (Lipinski definition) is 4. The fourth-order valence-corrected chi connectivity index (χ4v) is 2.33. The second kappa shape index (κ2) is 8.64. The first-order valence-electron chi connectivity index (χ1n) is 7.35. The summed E-state index contributed by atoms with van der Waals surface area (Å²) < 4.78 is 24.3. The molecule has 0 aliphatic rings. The minimum Gasteiger partial charge on any atom is -0.490 e. The van der Waals surface area contributed by atoms with Crippen LogP contribution in [0, 0.1) is 5.82 Å². The lowest BCUT2D eigenvalue weighted by atomic mass is 10.2. The number of benzene rings is 2. The van der Waals surface area contributed by atoms with Crippen LogP contribution in [0.25, 0.3) is 0 Å². The predicted molar refractivity (Wildman–Crippen MR) is 97.6 cm³/mol. The third kappa shape index (κ3) is 5.30. The molecule has 2 aromatic carbocycles. The van der Waals surface area contributed by atoms with Gasteiger partial charge in [-0.3, -0.25) is 10.1 Å². The summed E-state index contributed by atoms with van der Waals surface area (Å²) in [6.45, 7) is 2.31. The van der Waals surface area contributed by atoms with E-state index in [9.17, 15) is 9.18 Å². The van der Waals surface area contributed by atoms with E-state index in [-0.39, 0.29) is 16.7 Å². The van der Waals surface area contributed by atoms with E-state index >= 15 is 0 Å². The predicted octanol–water partition coefficient (Wildman–Crippen LogP) is 3.43. The van der Waals surface area contributed by atoms with Gasteiger partial charge in [-0.15, -0.1) is 0 Å². The summed E-state index contributed by atoms with van der Waals surface area (Å²) in [5.74, 6) is -0.0519. The molecule has 0 radical (unpaired) electrons. The number of amides is 1. The van der Waals surface area contributed by atoms with Crippen molar-refractivity contribution >= 4 is 34.8 Å². The standard InChI is InChI=1S/C17H16ClFN2O3S/c1-2-23-15-7-10(16(22)21-17(20)25)4-6-14(15)24-9-11-3-5-12(19)8-13(11)18/h3-8H,2,9H2,1H3,(H3,20,21,22,25). The molecule has 1 amide bonds. The van der Waals surface area contributed by atoms with E-state index in [1.165, 1.54) is 18.2 Å². The lowest BCUT2D eigenvalue weighted by molar-refractivity contribution is 0.0977. The van der Waals surface area contributed by atoms with Gasteiger partial charge in [0.05, 0.1) is 11.6 Å². The fourth-order valence-electron chi connectivity index (χ4n) is 2.02. The van der Waals surface area contributed by atoms with Crippen molar-refractivity contribution < 1.29 is 18.7 Å². The summed E-state index contributed by atoms with van der Waals surface area (Å²) in [5, 5.41) is 2.49. The molecule has 2 rings (SSSR count). The van der Waals surface area contributed by atoms with Gasteiger partial charge in [-0.05, 0) is 49.5 Å². The monoisotopic (exact) mass is 382 g/mol. The van der Waals surface area contributed by atoms with Crippen LogP contribution in [0.5, 0.6) is 11.5 Å². The Hall–Kier alpha value is -2.38. The molecule has 8 heteroatoms. The van der Waals surface area contributed by atoms with Crippen molar-refractivity contribution in [3.05, 3.63) is 58.4 Å². The molecular weight excluding hydrogens is 367 g/mol. The van der Waals surface area contributed by atoms with E-state index in [1.54, 1.807) is 18.2 Å². The van der Waals surface area contributed by atoms with Gasteiger partial charge in [0, 0.05) is 11.1 Å². The molecule has 0 aliphatic heterocycles. The Balaban J connectivity index is 2.19. The molecule has 0 unspecified atom stereocenters. The number of carbonyl (C=O) groups is 1. The second-order valence-electron chi connectivity index (χ2n) is 4.94. The number of nitrogens with one attached hydrogen (secondary N) is 1. The summed E-state index contributed by atoms with van der Waals surface area (Å²) in [6, 6.07) is 8.74. The molecule has 0 bridgehead atoms. The number of rotatable bonds is 6. The van der Waals surface area contributed by atoms with Gasteiger partial charge in [0.2, 0.25) is 0 Å². The Bertz CT molecular complexity index is 801. The van der Waals surface area contributed by atoms with Gasteiger partial charge in [-0.25, -0.2) is 4.39 Å². The van der Waals surface area contributed by atoms with Gasteiger partial charge in [0.15, 0.2) is 16.6 Å². The number of ether oxygens (including phenoxy) is 2. The van der Waals surface area contributed by atoms with Crippen molar-refractivity contribution in [2.75, 3.05) is 6.61 Å². The van der Waals surface area contributed by atoms with E-state index in [0.717, 1.165) is 0 Å². The molecule has 0 aliphatic carbocycles. The summed E-state index contributed by atoms with van der Waals surface area (Å²) in [4.78, 5) is 12.0. The second-order valence-corrected chi connectivity index (χ2v) is 5.78. The smallest absolute Gasteiger partial charge is 0.257 e. The average Bonchev–Trinajstić information content (AvgIpc) is 2.54. The summed E-state index contributed by atoms with van der Waals surface area (Å²) in [6.07, 6.45) is 0. The van der Waals surface area contributed by atoms with E-state index in [4.69, 9.17) is 26.8 Å². The van der Waals surface area contributed by atoms with Gasteiger partial charge >= 0.3 is 0 Å². The van der Waals surface area contributed by atoms with Crippen molar-refractivity contribution in [3.8, 4) is 11.5 Å². The van der Waals surface area contributed by atoms with E-state index < -0.39 is 11.7 Å². The minimum atomic E-state index is -0.443. The number of hydrogen-bond donors (Lipinski definition) is 2. The van der Waals surface area contributed by atoms with Gasteiger partial charge in [0.25, 0.3) is 5.91 Å². The Labute approximate surface area is 154 Å². The molecule has 0 atom stereocenters. The van der Waals surface area contributed by atoms with Crippen molar-refractivity contribution in [2.24, 2.45) is 5.73 Å². The minimum absolute atomic E-state index is 0.116. The van der Waals surface area contributed by atoms with E-state index in [2.05, 4.69) is 17.5 Å². The largest absolute Gasteiger partial charge is 0.490 e. The highest BCUT2D eigenvalue weighted by Gasteiger charge is 2.13. The number of nitrogens with two attached hydrogens (primary N) is 1. The highest BCUT2D eigenvalue weighted by Crippen LogP contribution is 2.30. The van der Waals surface area contributed by atoms with Crippen molar-refractivity contribution in [3.63, 3.8) is 0 Å². The van der Waals surface area contributed by atoms with Gasteiger partial charge in [-0.1, -0.05) is 17.7 Å². The van der Waals surface area contributed by atoms with Crippen LogP contribution in [-0.4, -0.2) is 17.6 Å². The van der Waals surface area contributed by atoms with Crippen molar-refractivity contribution in [1.82, 2.24) is 5.32 Å². The first-order valence-corrected chi connectivity index (χ1v) is 8.13. The molecule has 132 valence electrons. The zero-order valence-electron chi connectivity index (χ0n) is 13.3. The molecule has 0 heterocycles. The molecular formula is C17H16ClFN2O3S. The summed E-state index contributed by atoms with van der Waals surface area (Å²) >= 11 is 10.6. The fraction of sp³-hybridized carbons (Fsp3) is 0.176. The van der Waals surface area contributed by atoms with E-state index in [1.807, 2.05) is 6.92 Å². The van der Waals surface area contributed by atoms with Crippen LogP contribution in [0.1, 0.15) is 22.8 Å². The zero-order valence-corrected chi connectivity index (χ0v) is 14.9. The lowest BCUT2D eigenvalue weighted by Gasteiger charge is -2.14. The zero-order chi connectivity index (χ0) is 18.4. The maximum atomic E-state index is 13.1. The van der Waals surface area contributed by atoms with Gasteiger partial charge in [0.1, 0.15) is 12.4 Å². The molecule has 25 heavy (non-hydrogen) atoms. The maximum absolute atomic E-state index is 13.1. The van der Waals surface area contributed by atoms with Gasteiger partial charge < -0.3 is 15.2 Å². The highest BCUT2D eigenvalue weighted by atomic mass is 35.5. The number of thiocarbonyl (C=S) groups is 1. The normalized spacial score (nSPS) is 10.2. The highest BCUT2D eigenvalue weighted by molar-refractivity contribution is 7.80. The van der Waals surface area contributed by atoms with Crippen LogP contribution in [-0.2, 0) is 6.61 Å². The molecule has 0 aromatic heterocycles. The topological polar surface area (TPSA) is 73.6 Å². The summed E-state index contributed by atoms with van der Waals surface area (Å²) in [7, 11) is 0. The third-order valence-corrected chi connectivity index (χ3v) is 3.59. The molecule has 0 saturated heterocycles. The molecule has 5 nitrogen and oxygen atoms in total. The van der Waals surface area contributed by atoms with Gasteiger partial charge in [-0.2, -0.15) is 0 Å². The molecule has 0 spiro atoms. The summed E-state index contributed by atoms with van der Waals surface area (Å²) in [5.41, 5.74) is 6.25. The Morgan fingerprint density at radius 2 is 2.00 bits per heavy atom. The molecule has 0 saturated carbocycles. The SMILES string of the molecule is CCOc1cc(C(=O)NC(N)=S)ccc1OCc1ccc(F)cc1Cl. The van der Waals surface area contributed by atoms with Crippen LogP contribution in [0.3, 0.4) is 0 Å². The third-order valence-electron chi connectivity index (χ3n) is 3.14. The average molecular weight is 383 g/mol.